The largest absolute Gasteiger partial charge is 0.247 e. The van der Waals surface area contributed by atoms with Crippen molar-refractivity contribution in [1.82, 2.24) is 39.9 Å². The summed E-state index contributed by atoms with van der Waals surface area (Å²) in [7, 11) is 0. The molecule has 596 valence electrons. The molecule has 4 aromatic heterocycles. The summed E-state index contributed by atoms with van der Waals surface area (Å²) in [5, 5.41) is 6.93. The van der Waals surface area contributed by atoms with Gasteiger partial charge in [-0.05, 0) is 154 Å². The van der Waals surface area contributed by atoms with Gasteiger partial charge in [0, 0.05) is 85.6 Å². The first-order valence-electron chi connectivity index (χ1n) is 43.3. The first-order valence-corrected chi connectivity index (χ1v) is 44.9. The van der Waals surface area contributed by atoms with Gasteiger partial charge in [0.15, 0.2) is 34.9 Å². The van der Waals surface area contributed by atoms with Gasteiger partial charge >= 0.3 is 0 Å². The Hall–Kier alpha value is -16.0. The summed E-state index contributed by atoms with van der Waals surface area (Å²) in [6.45, 7) is 0. The zero-order valence-corrected chi connectivity index (χ0v) is 70.6. The van der Waals surface area contributed by atoms with Crippen molar-refractivity contribution in [1.29, 1.82) is 0 Å². The van der Waals surface area contributed by atoms with Crippen molar-refractivity contribution in [3.8, 4) is 135 Å². The van der Waals surface area contributed by atoms with E-state index in [1.165, 1.54) is 97.1 Å². The van der Waals surface area contributed by atoms with Crippen molar-refractivity contribution < 1.29 is 0 Å². The van der Waals surface area contributed by atoms with Crippen LogP contribution in [0.5, 0.6) is 0 Å². The Bertz CT molecular complexity index is 8040. The van der Waals surface area contributed by atoms with E-state index in [1.807, 2.05) is 145 Å². The van der Waals surface area contributed by atoms with Gasteiger partial charge < -0.3 is 0 Å². The van der Waals surface area contributed by atoms with Crippen LogP contribution in [0.2, 0.25) is 0 Å². The second kappa shape index (κ2) is 30.5. The molecule has 0 atom stereocenters. The third-order valence-electron chi connectivity index (χ3n) is 25.9. The van der Waals surface area contributed by atoms with Crippen LogP contribution in [0.4, 0.5) is 0 Å². The molecule has 0 N–H and O–H groups in total. The Morgan fingerprint density at radius 3 is 0.781 bits per heavy atom. The van der Waals surface area contributed by atoms with E-state index >= 15 is 0 Å². The van der Waals surface area contributed by atoms with Crippen LogP contribution >= 0.6 is 23.5 Å². The molecule has 2 spiro atoms. The maximum absolute atomic E-state index is 5.54. The van der Waals surface area contributed by atoms with E-state index < -0.39 is 10.8 Å². The van der Waals surface area contributed by atoms with E-state index in [0.29, 0.717) is 34.9 Å². The summed E-state index contributed by atoms with van der Waals surface area (Å²) in [4.78, 5) is 46.0. The molecule has 0 amide bonds. The van der Waals surface area contributed by atoms with Crippen LogP contribution in [0.15, 0.2) is 456 Å². The molecule has 0 fully saturated rings. The predicted molar refractivity (Wildman–Crippen MR) is 522 cm³/mol. The van der Waals surface area contributed by atoms with Gasteiger partial charge in [-0.1, -0.05) is 406 Å². The number of nitrogens with zero attached hydrogens (tertiary/aromatic N) is 8. The van der Waals surface area contributed by atoms with Crippen molar-refractivity contribution in [2.45, 2.75) is 30.4 Å². The Balaban J connectivity index is 0.000000139. The fraction of sp³-hybridized carbons (Fsp3) is 0.0169. The molecule has 128 heavy (non-hydrogen) atoms. The average Bonchev–Trinajstić information content (AvgIpc) is 1.49. The molecule has 26 rings (SSSR count). The molecule has 10 heteroatoms. The van der Waals surface area contributed by atoms with Gasteiger partial charge in [-0.3, -0.25) is 0 Å². The number of hydrogen-bond acceptors (Lipinski definition) is 10. The first kappa shape index (κ1) is 74.6. The zero-order chi connectivity index (χ0) is 84.4. The number of aromatic nitrogens is 8. The summed E-state index contributed by atoms with van der Waals surface area (Å²) < 4.78 is 0. The van der Waals surface area contributed by atoms with Gasteiger partial charge in [-0.25, -0.2) is 39.9 Å². The Morgan fingerprint density at radius 1 is 0.148 bits per heavy atom. The number of benzene rings is 18. The fourth-order valence-electron chi connectivity index (χ4n) is 20.2. The normalized spacial score (nSPS) is 13.1. The van der Waals surface area contributed by atoms with Gasteiger partial charge in [0.2, 0.25) is 0 Å². The van der Waals surface area contributed by atoms with E-state index in [2.05, 4.69) is 315 Å². The standard InChI is InChI=1S/2C59H36N4S/c1-4-17-37(18-5-1)55-47-36-54-51(59(50-29-14-15-30-53(50)64-54)48-27-12-10-25-43(48)44-26-11-13-28-49(44)59)35-46(47)45-32-31-41(34-52(45)60-55)40-23-16-24-42(33-40)58-62-56(38-19-6-2-7-20-38)61-57(63-58)39-21-8-3-9-22-39;1-4-16-38(17-5-1)55-47-36-54-51(59(50-26-14-15-27-53(50)64-54)48-24-12-10-22-43(48)44-23-11-13-25-49(44)59)35-46(47)45-33-32-42(34-52(45)60-55)37-28-30-41(31-29-37)58-62-56(39-18-6-2-7-19-39)61-57(63-58)40-20-8-3-9-21-40/h2*1-36H. The highest BCUT2D eigenvalue weighted by atomic mass is 32.2. The molecule has 0 bridgehead atoms. The molecular formula is C118H72N8S2. The van der Waals surface area contributed by atoms with Crippen molar-refractivity contribution in [2.24, 2.45) is 0 Å². The number of pyridine rings is 2. The second-order valence-electron chi connectivity index (χ2n) is 33.0. The summed E-state index contributed by atoms with van der Waals surface area (Å²) in [5.41, 5.74) is 30.8. The number of fused-ring (bicyclic) bond motifs is 24. The van der Waals surface area contributed by atoms with E-state index in [1.54, 1.807) is 0 Å². The van der Waals surface area contributed by atoms with Gasteiger partial charge in [0.1, 0.15) is 0 Å². The lowest BCUT2D eigenvalue weighted by molar-refractivity contribution is 0.724. The van der Waals surface area contributed by atoms with Crippen molar-refractivity contribution in [3.63, 3.8) is 0 Å². The SMILES string of the molecule is c1ccc(-c2nc(-c3ccccc3)nc(-c3ccc(-c4ccc5c(c4)nc(-c4ccccc4)c4cc6c(cc45)C4(c5ccccc5S6)c5ccccc5-c5ccccc54)cc3)n2)cc1.c1ccc(-c2nc(-c3ccccc3)nc(-c3cccc(-c4ccc5c(c4)nc(-c4ccccc4)c4cc6c(cc45)C4(c5ccccc5S6)c5ccccc5-c5ccccc54)c3)n2)cc1. The van der Waals surface area contributed by atoms with E-state index in [9.17, 15) is 0 Å². The molecule has 0 saturated heterocycles. The summed E-state index contributed by atoms with van der Waals surface area (Å²) in [6.07, 6.45) is 0. The first-order chi connectivity index (χ1) is 63.4. The van der Waals surface area contributed by atoms with Crippen molar-refractivity contribution in [2.75, 3.05) is 0 Å². The van der Waals surface area contributed by atoms with Crippen LogP contribution < -0.4 is 0 Å². The smallest absolute Gasteiger partial charge is 0.164 e. The average molecular weight is 1670 g/mol. The molecule has 4 aliphatic rings. The van der Waals surface area contributed by atoms with Crippen LogP contribution in [-0.4, -0.2) is 39.9 Å². The van der Waals surface area contributed by atoms with Crippen LogP contribution in [0.25, 0.3) is 179 Å². The monoisotopic (exact) mass is 1660 g/mol. The third-order valence-corrected chi connectivity index (χ3v) is 28.2. The van der Waals surface area contributed by atoms with E-state index in [4.69, 9.17) is 39.9 Å². The summed E-state index contributed by atoms with van der Waals surface area (Å²) >= 11 is 3.75. The van der Waals surface area contributed by atoms with Gasteiger partial charge in [0.25, 0.3) is 0 Å². The lowest BCUT2D eigenvalue weighted by Gasteiger charge is -2.40. The molecule has 2 aliphatic heterocycles. The quantitative estimate of drug-likeness (QED) is 0.123. The zero-order valence-electron chi connectivity index (χ0n) is 69.0. The lowest BCUT2D eigenvalue weighted by Crippen LogP contribution is -2.32. The van der Waals surface area contributed by atoms with Crippen molar-refractivity contribution in [3.05, 3.63) is 481 Å². The molecule has 2 aliphatic carbocycles. The maximum Gasteiger partial charge on any atom is 0.164 e. The maximum atomic E-state index is 5.54. The molecule has 0 unspecified atom stereocenters. The van der Waals surface area contributed by atoms with Gasteiger partial charge in [-0.15, -0.1) is 0 Å². The second-order valence-corrected chi connectivity index (χ2v) is 35.2. The molecule has 18 aromatic carbocycles. The van der Waals surface area contributed by atoms with Gasteiger partial charge in [-0.2, -0.15) is 0 Å². The van der Waals surface area contributed by atoms with Crippen molar-refractivity contribution >= 4 is 66.9 Å². The highest BCUT2D eigenvalue weighted by molar-refractivity contribution is 7.99. The minimum absolute atomic E-state index is 0.467. The molecule has 6 heterocycles. The molecule has 22 aromatic rings. The molecule has 0 saturated carbocycles. The fourth-order valence-corrected chi connectivity index (χ4v) is 22.6. The number of rotatable bonds is 10. The van der Waals surface area contributed by atoms with Gasteiger partial charge in [0.05, 0.1) is 33.3 Å². The number of hydrogen-bond donors (Lipinski definition) is 0. The van der Waals surface area contributed by atoms with Crippen LogP contribution in [0, 0.1) is 0 Å². The van der Waals surface area contributed by atoms with Crippen LogP contribution in [0.1, 0.15) is 44.5 Å². The molecular weight excluding hydrogens is 1590 g/mol. The predicted octanol–water partition coefficient (Wildman–Crippen LogP) is 29.5. The van der Waals surface area contributed by atoms with Crippen LogP contribution in [-0.2, 0) is 10.8 Å². The molecule has 0 radical (unpaired) electrons. The van der Waals surface area contributed by atoms with E-state index in [0.717, 1.165) is 111 Å². The molecule has 8 nitrogen and oxygen atoms in total. The minimum Gasteiger partial charge on any atom is -0.247 e. The Labute approximate surface area is 748 Å². The lowest BCUT2D eigenvalue weighted by atomic mass is 9.67. The van der Waals surface area contributed by atoms with E-state index in [-0.39, 0.29) is 0 Å². The Kier molecular flexibility index (Phi) is 17.8. The topological polar surface area (TPSA) is 103 Å². The third kappa shape index (κ3) is 12.2. The summed E-state index contributed by atoms with van der Waals surface area (Å²) in [5.74, 6) is 3.83. The highest BCUT2D eigenvalue weighted by Gasteiger charge is 2.52. The minimum atomic E-state index is -0.475. The highest BCUT2D eigenvalue weighted by Crippen LogP contribution is 2.65. The Morgan fingerprint density at radius 2 is 0.414 bits per heavy atom. The summed E-state index contributed by atoms with van der Waals surface area (Å²) in [6, 6.07) is 156. The van der Waals surface area contributed by atoms with Crippen LogP contribution in [0.3, 0.4) is 0 Å².